The molecule has 26 heavy (non-hydrogen) atoms. The van der Waals surface area contributed by atoms with Gasteiger partial charge >= 0.3 is 0 Å². The summed E-state index contributed by atoms with van der Waals surface area (Å²) in [6.45, 7) is 0. The molecule has 1 N–H and O–H groups in total. The summed E-state index contributed by atoms with van der Waals surface area (Å²) in [5.41, 5.74) is 2.92. The molecule has 1 heterocycles. The molecule has 0 aliphatic heterocycles. The highest BCUT2D eigenvalue weighted by molar-refractivity contribution is 6.30. The van der Waals surface area contributed by atoms with Gasteiger partial charge in [-0.25, -0.2) is 0 Å². The van der Waals surface area contributed by atoms with Crippen LogP contribution in [0.25, 0.3) is 17.3 Å². The number of H-pyrrole nitrogens is 1. The summed E-state index contributed by atoms with van der Waals surface area (Å²) in [6, 6.07) is 14.3. The number of ketones is 1. The van der Waals surface area contributed by atoms with Crippen LogP contribution in [0.4, 0.5) is 0 Å². The number of rotatable bonds is 6. The Bertz CT molecular complexity index is 924. The number of benzene rings is 2. The van der Waals surface area contributed by atoms with E-state index in [1.165, 1.54) is 6.08 Å². The zero-order valence-electron chi connectivity index (χ0n) is 14.3. The van der Waals surface area contributed by atoms with Crippen molar-refractivity contribution in [3.05, 3.63) is 70.9 Å². The third-order valence-corrected chi connectivity index (χ3v) is 4.04. The number of nitrogens with one attached hydrogen (secondary N) is 1. The maximum absolute atomic E-state index is 12.4. The van der Waals surface area contributed by atoms with Crippen LogP contribution < -0.4 is 9.47 Å². The van der Waals surface area contributed by atoms with Crippen molar-refractivity contribution < 1.29 is 14.3 Å². The molecule has 0 aliphatic rings. The van der Waals surface area contributed by atoms with Crippen molar-refractivity contribution >= 4 is 23.5 Å². The van der Waals surface area contributed by atoms with Gasteiger partial charge in [-0.15, -0.1) is 0 Å². The first-order valence-corrected chi connectivity index (χ1v) is 8.23. The minimum Gasteiger partial charge on any atom is -0.497 e. The van der Waals surface area contributed by atoms with Crippen LogP contribution in [0, 0.1) is 0 Å². The number of carbonyl (C=O) groups excluding carboxylic acids is 1. The zero-order chi connectivity index (χ0) is 18.5. The lowest BCUT2D eigenvalue weighted by Gasteiger charge is -2.06. The van der Waals surface area contributed by atoms with E-state index in [2.05, 4.69) is 10.2 Å². The Morgan fingerprint density at radius 1 is 1.04 bits per heavy atom. The van der Waals surface area contributed by atoms with Gasteiger partial charge in [-0.3, -0.25) is 9.89 Å². The molecule has 0 bridgehead atoms. The number of carbonyl (C=O) groups is 1. The molecule has 2 aromatic carbocycles. The molecule has 0 saturated heterocycles. The molecule has 3 aromatic rings. The minimum atomic E-state index is -0.162. The number of aromatic amines is 1. The minimum absolute atomic E-state index is 0.162. The van der Waals surface area contributed by atoms with Gasteiger partial charge in [-0.1, -0.05) is 23.7 Å². The number of ether oxygens (including phenoxy) is 2. The second-order valence-corrected chi connectivity index (χ2v) is 5.95. The van der Waals surface area contributed by atoms with E-state index in [1.807, 2.05) is 18.2 Å². The number of allylic oxidation sites excluding steroid dienone is 1. The van der Waals surface area contributed by atoms with Gasteiger partial charge in [0.05, 0.1) is 25.6 Å². The molecule has 0 aliphatic carbocycles. The molecule has 6 heteroatoms. The maximum atomic E-state index is 12.4. The standard InChI is InChI=1S/C20H17ClN2O3/c1-25-17-9-14(10-18(12-17)26-2)20(24)8-7-16-11-19(23-22-16)13-3-5-15(21)6-4-13/h3-12H,1-2H3,(H,22,23). The number of hydrogen-bond donors (Lipinski definition) is 1. The lowest BCUT2D eigenvalue weighted by atomic mass is 10.1. The van der Waals surface area contributed by atoms with Crippen molar-refractivity contribution in [2.24, 2.45) is 0 Å². The van der Waals surface area contributed by atoms with Gasteiger partial charge in [0.1, 0.15) is 11.5 Å². The first-order valence-electron chi connectivity index (χ1n) is 7.86. The summed E-state index contributed by atoms with van der Waals surface area (Å²) in [5.74, 6) is 0.963. The molecular weight excluding hydrogens is 352 g/mol. The van der Waals surface area contributed by atoms with Crippen LogP contribution in [-0.4, -0.2) is 30.2 Å². The van der Waals surface area contributed by atoms with Crippen LogP contribution in [0.15, 0.2) is 54.6 Å². The Morgan fingerprint density at radius 2 is 1.69 bits per heavy atom. The quantitative estimate of drug-likeness (QED) is 0.508. The molecule has 0 unspecified atom stereocenters. The number of nitrogens with zero attached hydrogens (tertiary/aromatic N) is 1. The molecule has 0 saturated carbocycles. The van der Waals surface area contributed by atoms with Crippen LogP contribution in [0.3, 0.4) is 0 Å². The largest absolute Gasteiger partial charge is 0.497 e. The van der Waals surface area contributed by atoms with E-state index in [1.54, 1.807) is 50.6 Å². The predicted octanol–water partition coefficient (Wildman–Crippen LogP) is 4.64. The van der Waals surface area contributed by atoms with Crippen molar-refractivity contribution in [1.82, 2.24) is 10.2 Å². The summed E-state index contributed by atoms with van der Waals surface area (Å²) < 4.78 is 10.4. The van der Waals surface area contributed by atoms with Crippen LogP contribution in [0.1, 0.15) is 16.1 Å². The van der Waals surface area contributed by atoms with E-state index in [0.29, 0.717) is 22.1 Å². The number of aromatic nitrogens is 2. The SMILES string of the molecule is COc1cc(OC)cc(C(=O)C=Cc2cc(-c3ccc(Cl)cc3)n[nH]2)c1. The Labute approximate surface area is 156 Å². The van der Waals surface area contributed by atoms with Crippen LogP contribution >= 0.6 is 11.6 Å². The fourth-order valence-electron chi connectivity index (χ4n) is 2.40. The zero-order valence-corrected chi connectivity index (χ0v) is 15.1. The normalized spacial score (nSPS) is 10.9. The molecule has 3 rings (SSSR count). The van der Waals surface area contributed by atoms with Crippen molar-refractivity contribution in [2.75, 3.05) is 14.2 Å². The molecule has 132 valence electrons. The van der Waals surface area contributed by atoms with Gasteiger partial charge in [0.2, 0.25) is 0 Å². The average Bonchev–Trinajstić information content (AvgIpc) is 3.15. The van der Waals surface area contributed by atoms with Gasteiger partial charge in [-0.05, 0) is 42.5 Å². The van der Waals surface area contributed by atoms with Crippen molar-refractivity contribution in [3.63, 3.8) is 0 Å². The summed E-state index contributed by atoms with van der Waals surface area (Å²) in [6.07, 6.45) is 3.16. The number of methoxy groups -OCH3 is 2. The maximum Gasteiger partial charge on any atom is 0.186 e. The third kappa shape index (κ3) is 4.13. The summed E-state index contributed by atoms with van der Waals surface area (Å²) >= 11 is 5.90. The van der Waals surface area contributed by atoms with E-state index in [-0.39, 0.29) is 5.78 Å². The fraction of sp³-hybridized carbons (Fsp3) is 0.100. The molecule has 5 nitrogen and oxygen atoms in total. The first kappa shape index (κ1) is 17.8. The Balaban J connectivity index is 1.78. The lowest BCUT2D eigenvalue weighted by Crippen LogP contribution is -1.97. The highest BCUT2D eigenvalue weighted by atomic mass is 35.5. The topological polar surface area (TPSA) is 64.2 Å². The number of hydrogen-bond acceptors (Lipinski definition) is 4. The van der Waals surface area contributed by atoms with Gasteiger partial charge in [0, 0.05) is 22.2 Å². The van der Waals surface area contributed by atoms with Gasteiger partial charge in [0.15, 0.2) is 5.78 Å². The molecule has 1 aromatic heterocycles. The first-order chi connectivity index (χ1) is 12.6. The molecule has 0 fully saturated rings. The van der Waals surface area contributed by atoms with Gasteiger partial charge in [0.25, 0.3) is 0 Å². The number of halogens is 1. The molecule has 0 radical (unpaired) electrons. The third-order valence-electron chi connectivity index (χ3n) is 3.79. The second kappa shape index (κ2) is 7.89. The summed E-state index contributed by atoms with van der Waals surface area (Å²) in [4.78, 5) is 12.4. The van der Waals surface area contributed by atoms with Crippen molar-refractivity contribution in [1.29, 1.82) is 0 Å². The molecule has 0 atom stereocenters. The van der Waals surface area contributed by atoms with Crippen molar-refractivity contribution in [3.8, 4) is 22.8 Å². The summed E-state index contributed by atoms with van der Waals surface area (Å²) in [5, 5.41) is 7.82. The van der Waals surface area contributed by atoms with E-state index in [0.717, 1.165) is 17.0 Å². The smallest absolute Gasteiger partial charge is 0.186 e. The average molecular weight is 369 g/mol. The molecular formula is C20H17ClN2O3. The van der Waals surface area contributed by atoms with Crippen LogP contribution in [0.5, 0.6) is 11.5 Å². The van der Waals surface area contributed by atoms with Crippen LogP contribution in [0.2, 0.25) is 5.02 Å². The van der Waals surface area contributed by atoms with E-state index in [9.17, 15) is 4.79 Å². The Hall–Kier alpha value is -3.05. The van der Waals surface area contributed by atoms with Crippen LogP contribution in [-0.2, 0) is 0 Å². The highest BCUT2D eigenvalue weighted by Gasteiger charge is 2.08. The monoisotopic (exact) mass is 368 g/mol. The van der Waals surface area contributed by atoms with E-state index in [4.69, 9.17) is 21.1 Å². The van der Waals surface area contributed by atoms with Gasteiger partial charge < -0.3 is 9.47 Å². The Morgan fingerprint density at radius 3 is 2.31 bits per heavy atom. The van der Waals surface area contributed by atoms with Crippen molar-refractivity contribution in [2.45, 2.75) is 0 Å². The lowest BCUT2D eigenvalue weighted by molar-refractivity contribution is 0.104. The highest BCUT2D eigenvalue weighted by Crippen LogP contribution is 2.24. The molecule has 0 amide bonds. The van der Waals surface area contributed by atoms with E-state index < -0.39 is 0 Å². The Kier molecular flexibility index (Phi) is 5.39. The fourth-order valence-corrected chi connectivity index (χ4v) is 2.53. The van der Waals surface area contributed by atoms with E-state index >= 15 is 0 Å². The second-order valence-electron chi connectivity index (χ2n) is 5.51. The molecule has 0 spiro atoms. The van der Waals surface area contributed by atoms with Gasteiger partial charge in [-0.2, -0.15) is 5.10 Å². The summed E-state index contributed by atoms with van der Waals surface area (Å²) in [7, 11) is 3.09. The predicted molar refractivity (Wildman–Crippen MR) is 102 cm³/mol.